The molecule has 4 nitrogen and oxygen atoms in total. The molecule has 28 heavy (non-hydrogen) atoms. The molecule has 2 aromatic heterocycles. The summed E-state index contributed by atoms with van der Waals surface area (Å²) in [7, 11) is 0. The predicted molar refractivity (Wildman–Crippen MR) is 112 cm³/mol. The Balaban J connectivity index is 1.72. The van der Waals surface area contributed by atoms with E-state index in [2.05, 4.69) is 60.4 Å². The van der Waals surface area contributed by atoms with E-state index in [-0.39, 0.29) is 5.92 Å². The smallest absolute Gasteiger partial charge is 0.141 e. The van der Waals surface area contributed by atoms with Crippen molar-refractivity contribution in [1.29, 1.82) is 0 Å². The van der Waals surface area contributed by atoms with Crippen molar-refractivity contribution in [1.82, 2.24) is 15.1 Å². The van der Waals surface area contributed by atoms with Gasteiger partial charge in [0.1, 0.15) is 11.6 Å². The maximum atomic E-state index is 5.44. The summed E-state index contributed by atoms with van der Waals surface area (Å²) in [4.78, 5) is 8.59. The summed E-state index contributed by atoms with van der Waals surface area (Å²) in [5, 5.41) is 4.16. The molecule has 1 atom stereocenters. The average Bonchev–Trinajstić information content (AvgIpc) is 3.36. The van der Waals surface area contributed by atoms with Crippen LogP contribution in [0.5, 0.6) is 0 Å². The molecule has 2 heterocycles. The molecule has 1 aliphatic rings. The number of aromatic amines is 1. The second-order valence-corrected chi connectivity index (χ2v) is 8.19. The highest BCUT2D eigenvalue weighted by molar-refractivity contribution is 5.87. The third-order valence-corrected chi connectivity index (χ3v) is 5.97. The van der Waals surface area contributed by atoms with Gasteiger partial charge < -0.3 is 9.51 Å². The van der Waals surface area contributed by atoms with E-state index in [0.717, 1.165) is 39.4 Å². The van der Waals surface area contributed by atoms with Crippen molar-refractivity contribution in [3.05, 3.63) is 70.4 Å². The monoisotopic (exact) mass is 371 g/mol. The molecule has 1 fully saturated rings. The van der Waals surface area contributed by atoms with Crippen LogP contribution in [0.4, 0.5) is 0 Å². The van der Waals surface area contributed by atoms with Crippen LogP contribution in [0.2, 0.25) is 0 Å². The van der Waals surface area contributed by atoms with E-state index in [1.165, 1.54) is 29.5 Å². The van der Waals surface area contributed by atoms with Crippen LogP contribution in [0.25, 0.3) is 22.2 Å². The lowest BCUT2D eigenvalue weighted by Crippen LogP contribution is -1.99. The number of hydrogen-bond donors (Lipinski definition) is 1. The van der Waals surface area contributed by atoms with Gasteiger partial charge in [-0.1, -0.05) is 41.9 Å². The second kappa shape index (κ2) is 6.33. The Hall–Kier alpha value is -2.88. The van der Waals surface area contributed by atoms with E-state index in [0.29, 0.717) is 5.92 Å². The Morgan fingerprint density at radius 1 is 1.07 bits per heavy atom. The predicted octanol–water partition coefficient (Wildman–Crippen LogP) is 6.17. The highest BCUT2D eigenvalue weighted by atomic mass is 16.5. The number of nitrogens with zero attached hydrogens (tertiary/aromatic N) is 2. The Morgan fingerprint density at radius 3 is 2.46 bits per heavy atom. The molecule has 4 aromatic rings. The summed E-state index contributed by atoms with van der Waals surface area (Å²) in [5.41, 5.74) is 9.19. The molecular formula is C24H25N3O. The summed E-state index contributed by atoms with van der Waals surface area (Å²) in [6.45, 7) is 8.37. The van der Waals surface area contributed by atoms with Gasteiger partial charge >= 0.3 is 0 Å². The van der Waals surface area contributed by atoms with Gasteiger partial charge in [-0.25, -0.2) is 4.98 Å². The zero-order valence-corrected chi connectivity index (χ0v) is 16.8. The standard InChI is InChI=1S/C24H25N3O/c1-13-5-7-17(8-6-13)14(2)20-11-19(22-15(3)27-28-16(22)4)12-21-23(20)26-24(25-21)18-9-10-18/h5-8,11-12,14,18H,9-10H2,1-4H3,(H,25,26). The van der Waals surface area contributed by atoms with E-state index in [1.54, 1.807) is 0 Å². The molecule has 1 aliphatic carbocycles. The van der Waals surface area contributed by atoms with E-state index < -0.39 is 0 Å². The Morgan fingerprint density at radius 2 is 1.82 bits per heavy atom. The summed E-state index contributed by atoms with van der Waals surface area (Å²) in [6.07, 6.45) is 2.47. The van der Waals surface area contributed by atoms with E-state index >= 15 is 0 Å². The van der Waals surface area contributed by atoms with E-state index in [4.69, 9.17) is 9.51 Å². The number of imidazole rings is 1. The minimum absolute atomic E-state index is 0.260. The van der Waals surface area contributed by atoms with Gasteiger partial charge in [-0.05, 0) is 62.4 Å². The van der Waals surface area contributed by atoms with Gasteiger partial charge in [0.2, 0.25) is 0 Å². The minimum atomic E-state index is 0.260. The van der Waals surface area contributed by atoms with Crippen molar-refractivity contribution in [2.24, 2.45) is 0 Å². The Labute approximate surface area is 165 Å². The fraction of sp³-hybridized carbons (Fsp3) is 0.333. The quantitative estimate of drug-likeness (QED) is 0.466. The molecular weight excluding hydrogens is 346 g/mol. The highest BCUT2D eigenvalue weighted by Gasteiger charge is 2.28. The number of benzene rings is 2. The van der Waals surface area contributed by atoms with E-state index in [1.807, 2.05) is 13.8 Å². The first kappa shape index (κ1) is 17.2. The zero-order valence-electron chi connectivity index (χ0n) is 16.8. The average molecular weight is 371 g/mol. The molecule has 0 bridgehead atoms. The molecule has 1 saturated carbocycles. The molecule has 0 saturated heterocycles. The summed E-state index contributed by atoms with van der Waals surface area (Å²) < 4.78 is 5.44. The molecule has 1 N–H and O–H groups in total. The van der Waals surface area contributed by atoms with E-state index in [9.17, 15) is 0 Å². The van der Waals surface area contributed by atoms with Gasteiger partial charge in [0.05, 0.1) is 16.7 Å². The van der Waals surface area contributed by atoms with Crippen molar-refractivity contribution < 1.29 is 4.52 Å². The number of aromatic nitrogens is 3. The van der Waals surface area contributed by atoms with Gasteiger partial charge in [0.25, 0.3) is 0 Å². The third kappa shape index (κ3) is 2.84. The van der Waals surface area contributed by atoms with Crippen LogP contribution in [0.3, 0.4) is 0 Å². The van der Waals surface area contributed by atoms with Gasteiger partial charge in [0, 0.05) is 17.4 Å². The van der Waals surface area contributed by atoms with Crippen LogP contribution in [0.15, 0.2) is 40.9 Å². The van der Waals surface area contributed by atoms with Crippen molar-refractivity contribution >= 4 is 11.0 Å². The second-order valence-electron chi connectivity index (χ2n) is 8.19. The number of H-pyrrole nitrogens is 1. The van der Waals surface area contributed by atoms with Crippen molar-refractivity contribution in [2.75, 3.05) is 0 Å². The van der Waals surface area contributed by atoms with Crippen LogP contribution in [0.1, 0.15) is 65.6 Å². The molecule has 5 rings (SSSR count). The Kier molecular flexibility index (Phi) is 3.90. The lowest BCUT2D eigenvalue weighted by molar-refractivity contribution is 0.393. The van der Waals surface area contributed by atoms with Crippen LogP contribution in [0, 0.1) is 20.8 Å². The summed E-state index contributed by atoms with van der Waals surface area (Å²) >= 11 is 0. The summed E-state index contributed by atoms with van der Waals surface area (Å²) in [6, 6.07) is 13.3. The molecule has 0 amide bonds. The third-order valence-electron chi connectivity index (χ3n) is 5.97. The van der Waals surface area contributed by atoms with Gasteiger partial charge in [0.15, 0.2) is 0 Å². The van der Waals surface area contributed by atoms with Crippen molar-refractivity contribution in [3.8, 4) is 11.1 Å². The number of fused-ring (bicyclic) bond motifs is 1. The zero-order chi connectivity index (χ0) is 19.4. The van der Waals surface area contributed by atoms with Crippen molar-refractivity contribution in [2.45, 2.75) is 52.4 Å². The van der Waals surface area contributed by atoms with Gasteiger partial charge in [-0.3, -0.25) is 0 Å². The fourth-order valence-electron chi connectivity index (χ4n) is 4.12. The lowest BCUT2D eigenvalue weighted by Gasteiger charge is -2.15. The number of nitrogens with one attached hydrogen (secondary N) is 1. The lowest BCUT2D eigenvalue weighted by atomic mass is 9.89. The minimum Gasteiger partial charge on any atom is -0.361 e. The maximum Gasteiger partial charge on any atom is 0.141 e. The largest absolute Gasteiger partial charge is 0.361 e. The summed E-state index contributed by atoms with van der Waals surface area (Å²) in [5.74, 6) is 2.83. The highest BCUT2D eigenvalue weighted by Crippen LogP contribution is 2.41. The van der Waals surface area contributed by atoms with Crippen LogP contribution < -0.4 is 0 Å². The first-order chi connectivity index (χ1) is 13.5. The maximum absolute atomic E-state index is 5.44. The van der Waals surface area contributed by atoms with Crippen LogP contribution in [-0.4, -0.2) is 15.1 Å². The fourth-order valence-corrected chi connectivity index (χ4v) is 4.12. The molecule has 0 aliphatic heterocycles. The SMILES string of the molecule is Cc1ccc(C(C)c2cc(-c3c(C)noc3C)cc3nc(C4CC4)[nH]c23)cc1. The van der Waals surface area contributed by atoms with Crippen molar-refractivity contribution in [3.63, 3.8) is 0 Å². The first-order valence-electron chi connectivity index (χ1n) is 10.0. The molecule has 142 valence electrons. The number of aryl methyl sites for hydroxylation is 3. The Bertz CT molecular complexity index is 1140. The number of rotatable bonds is 4. The molecule has 4 heteroatoms. The molecule has 0 radical (unpaired) electrons. The molecule has 1 unspecified atom stereocenters. The topological polar surface area (TPSA) is 54.7 Å². The van der Waals surface area contributed by atoms with Crippen LogP contribution >= 0.6 is 0 Å². The van der Waals surface area contributed by atoms with Gasteiger partial charge in [-0.2, -0.15) is 0 Å². The van der Waals surface area contributed by atoms with Gasteiger partial charge in [-0.15, -0.1) is 0 Å². The first-order valence-corrected chi connectivity index (χ1v) is 10.0. The normalized spacial score (nSPS) is 15.3. The molecule has 0 spiro atoms. The van der Waals surface area contributed by atoms with Crippen LogP contribution in [-0.2, 0) is 0 Å². The number of hydrogen-bond acceptors (Lipinski definition) is 3. The molecule has 2 aromatic carbocycles.